The highest BCUT2D eigenvalue weighted by Gasteiger charge is 1.98. The van der Waals surface area contributed by atoms with Gasteiger partial charge in [0, 0.05) is 13.1 Å². The van der Waals surface area contributed by atoms with Gasteiger partial charge in [-0.1, -0.05) is 0 Å². The Morgan fingerprint density at radius 2 is 1.09 bits per heavy atom. The molecule has 0 aromatic carbocycles. The van der Waals surface area contributed by atoms with E-state index in [-0.39, 0.29) is 37.6 Å². The van der Waals surface area contributed by atoms with Crippen molar-refractivity contribution in [1.82, 2.24) is 22.9 Å². The van der Waals surface area contributed by atoms with Gasteiger partial charge in [0.05, 0.1) is 13.1 Å². The van der Waals surface area contributed by atoms with E-state index in [1.807, 2.05) is 0 Å². The van der Waals surface area contributed by atoms with Gasteiger partial charge in [-0.05, 0) is 6.92 Å². The molecule has 0 aromatic rings. The Morgan fingerprint density at radius 3 is 1.22 bits per heavy atom. The number of hydrogen-bond acceptors (Lipinski definition) is 8. The van der Waals surface area contributed by atoms with Gasteiger partial charge >= 0.3 is 17.9 Å². The molecule has 138 valence electrons. The lowest BCUT2D eigenvalue weighted by Crippen LogP contribution is -2.33. The van der Waals surface area contributed by atoms with Gasteiger partial charge in [-0.3, -0.25) is 19.2 Å². The van der Waals surface area contributed by atoms with Crippen LogP contribution in [0, 0.1) is 0 Å². The minimum Gasteiger partial charge on any atom is -0.481 e. The first-order chi connectivity index (χ1) is 9.75. The van der Waals surface area contributed by atoms with Crippen LogP contribution in [0.4, 0.5) is 0 Å². The van der Waals surface area contributed by atoms with Crippen LogP contribution in [-0.4, -0.2) is 65.2 Å². The lowest BCUT2D eigenvalue weighted by Gasteiger charge is -2.01. The second kappa shape index (κ2) is 24.7. The molecule has 0 aliphatic rings. The maximum absolute atomic E-state index is 9.96. The van der Waals surface area contributed by atoms with Crippen molar-refractivity contribution in [2.75, 3.05) is 26.2 Å². The Balaban J connectivity index is -0.0000000854. The summed E-state index contributed by atoms with van der Waals surface area (Å²) < 4.78 is 0. The first-order valence-electron chi connectivity index (χ1n) is 5.82. The number of carboxylic acid groups (broad SMARTS) is 3. The largest absolute Gasteiger partial charge is 0.481 e. The zero-order chi connectivity index (χ0) is 17.3. The van der Waals surface area contributed by atoms with E-state index in [9.17, 15) is 19.2 Å². The molecule has 0 aromatic heterocycles. The van der Waals surface area contributed by atoms with Gasteiger partial charge < -0.3 is 38.3 Å². The minimum atomic E-state index is -1.06. The van der Waals surface area contributed by atoms with Crippen molar-refractivity contribution < 1.29 is 34.5 Å². The van der Waals surface area contributed by atoms with Crippen LogP contribution in [0.3, 0.4) is 0 Å². The number of carboxylic acids is 3. The van der Waals surface area contributed by atoms with Crippen LogP contribution in [0.1, 0.15) is 13.3 Å². The van der Waals surface area contributed by atoms with Crippen LogP contribution in [0.5, 0.6) is 0 Å². The van der Waals surface area contributed by atoms with Crippen LogP contribution in [0.2, 0.25) is 0 Å². The average Bonchev–Trinajstić information content (AvgIpc) is 2.34. The van der Waals surface area contributed by atoms with E-state index >= 15 is 0 Å². The van der Waals surface area contributed by atoms with Gasteiger partial charge in [0.15, 0.2) is 0 Å². The number of ketones is 1. The summed E-state index contributed by atoms with van der Waals surface area (Å²) in [6.45, 7) is 7.93. The van der Waals surface area contributed by atoms with Gasteiger partial charge in [-0.15, -0.1) is 13.2 Å². The summed E-state index contributed by atoms with van der Waals surface area (Å²) >= 11 is 0. The molecule has 11 N–H and O–H groups in total. The molecule has 0 rings (SSSR count). The van der Waals surface area contributed by atoms with Crippen molar-refractivity contribution >= 4 is 23.7 Å². The smallest absolute Gasteiger partial charge is 0.317 e. The fraction of sp³-hybridized carbons (Fsp3) is 0.500. The molecule has 0 fully saturated rings. The molecule has 0 unspecified atom stereocenters. The zero-order valence-electron chi connectivity index (χ0n) is 13.3. The minimum absolute atomic E-state index is 0. The molecule has 0 aliphatic heterocycles. The van der Waals surface area contributed by atoms with Crippen LogP contribution in [0.15, 0.2) is 13.2 Å². The quantitative estimate of drug-likeness (QED) is 0.161. The van der Waals surface area contributed by atoms with Gasteiger partial charge in [0.1, 0.15) is 12.2 Å². The molecule has 0 spiro atoms. The number of aliphatic carboxylic acids is 3. The summed E-state index contributed by atoms with van der Waals surface area (Å²) in [5.74, 6) is -3.22. The van der Waals surface area contributed by atoms with E-state index in [0.717, 1.165) is 0 Å². The van der Waals surface area contributed by atoms with Crippen LogP contribution < -0.4 is 22.9 Å². The normalized spacial score (nSPS) is 7.70. The maximum atomic E-state index is 9.96. The molecule has 0 aliphatic carbocycles. The highest BCUT2D eigenvalue weighted by molar-refractivity contribution is 5.93. The van der Waals surface area contributed by atoms with Crippen molar-refractivity contribution in [2.45, 2.75) is 13.3 Å². The van der Waals surface area contributed by atoms with Gasteiger partial charge in [0.25, 0.3) is 0 Å². The third-order valence-electron chi connectivity index (χ3n) is 1.43. The number of Topliss-reactive ketones (excluding diaryl/α,β-unsaturated/α-hetero) is 1. The van der Waals surface area contributed by atoms with Gasteiger partial charge in [-0.25, -0.2) is 0 Å². The molecule has 0 saturated heterocycles. The van der Waals surface area contributed by atoms with Crippen LogP contribution in [0.25, 0.3) is 0 Å². The summed E-state index contributed by atoms with van der Waals surface area (Å²) in [4.78, 5) is 39.4. The summed E-state index contributed by atoms with van der Waals surface area (Å²) in [6.07, 6.45) is -0.361. The lowest BCUT2D eigenvalue weighted by molar-refractivity contribution is -0.140. The second-order valence-corrected chi connectivity index (χ2v) is 3.41. The Labute approximate surface area is 134 Å². The molecule has 11 nitrogen and oxygen atoms in total. The third kappa shape index (κ3) is 54.0. The standard InChI is InChI=1S/C6H12N2O4.C4H6O3.C2H4.2H3N/c9-5(10)3-7-1-2-8-4-6(11)12;1-3(5)2-4(6)7;1-2;;/h7-8H,1-4H2,(H,9,10)(H,11,12);2H2,1H3,(H,6,7);1-2H2;2*1H3. The lowest BCUT2D eigenvalue weighted by atomic mass is 10.3. The molecular formula is C12H28N4O7. The van der Waals surface area contributed by atoms with E-state index in [0.29, 0.717) is 13.1 Å². The monoisotopic (exact) mass is 340 g/mol. The van der Waals surface area contributed by atoms with Gasteiger partial charge in [-0.2, -0.15) is 0 Å². The first-order valence-corrected chi connectivity index (χ1v) is 5.82. The summed E-state index contributed by atoms with van der Waals surface area (Å²) in [5.41, 5.74) is 0. The predicted molar refractivity (Wildman–Crippen MR) is 85.2 cm³/mol. The topological polar surface area (TPSA) is 223 Å². The van der Waals surface area contributed by atoms with Gasteiger partial charge in [0.2, 0.25) is 0 Å². The molecule has 0 bridgehead atoms. The molecule has 0 radical (unpaired) electrons. The first kappa shape index (κ1) is 32.6. The van der Waals surface area contributed by atoms with Crippen molar-refractivity contribution in [1.29, 1.82) is 0 Å². The molecular weight excluding hydrogens is 312 g/mol. The van der Waals surface area contributed by atoms with E-state index < -0.39 is 17.9 Å². The maximum Gasteiger partial charge on any atom is 0.317 e. The van der Waals surface area contributed by atoms with Crippen molar-refractivity contribution in [3.63, 3.8) is 0 Å². The van der Waals surface area contributed by atoms with E-state index in [1.165, 1.54) is 6.92 Å². The Hall–Kier alpha value is -2.34. The molecule has 0 heterocycles. The Kier molecular flexibility index (Phi) is 34.9. The molecule has 11 heteroatoms. The number of hydrogen-bond donors (Lipinski definition) is 7. The average molecular weight is 340 g/mol. The fourth-order valence-electron chi connectivity index (χ4n) is 0.780. The number of rotatable bonds is 9. The SMILES string of the molecule is C=C.CC(=O)CC(=O)O.N.N.O=C(O)CNCCNCC(=O)O. The van der Waals surface area contributed by atoms with Crippen LogP contribution >= 0.6 is 0 Å². The summed E-state index contributed by atoms with van der Waals surface area (Å²) in [7, 11) is 0. The van der Waals surface area contributed by atoms with Crippen molar-refractivity contribution in [3.05, 3.63) is 13.2 Å². The predicted octanol–water partition coefficient (Wildman–Crippen LogP) is -0.489. The van der Waals surface area contributed by atoms with E-state index in [4.69, 9.17) is 15.3 Å². The Bertz CT molecular complexity index is 307. The molecule has 0 atom stereocenters. The highest BCUT2D eigenvalue weighted by Crippen LogP contribution is 1.77. The second-order valence-electron chi connectivity index (χ2n) is 3.41. The summed E-state index contributed by atoms with van der Waals surface area (Å²) in [6, 6.07) is 0. The molecule has 23 heavy (non-hydrogen) atoms. The number of carbonyl (C=O) groups excluding carboxylic acids is 1. The molecule has 0 saturated carbocycles. The zero-order valence-corrected chi connectivity index (χ0v) is 13.3. The van der Waals surface area contributed by atoms with Crippen LogP contribution in [-0.2, 0) is 19.2 Å². The number of carbonyl (C=O) groups is 4. The molecule has 0 amide bonds. The number of nitrogens with one attached hydrogen (secondary N) is 2. The highest BCUT2D eigenvalue weighted by atomic mass is 16.4. The van der Waals surface area contributed by atoms with E-state index in [1.54, 1.807) is 0 Å². The Morgan fingerprint density at radius 1 is 0.783 bits per heavy atom. The third-order valence-corrected chi connectivity index (χ3v) is 1.43. The fourth-order valence-corrected chi connectivity index (χ4v) is 0.780. The van der Waals surface area contributed by atoms with Crippen molar-refractivity contribution in [2.24, 2.45) is 0 Å². The van der Waals surface area contributed by atoms with E-state index in [2.05, 4.69) is 23.8 Å². The van der Waals surface area contributed by atoms with Crippen molar-refractivity contribution in [3.8, 4) is 0 Å². The summed E-state index contributed by atoms with van der Waals surface area (Å²) in [5, 5.41) is 29.4.